The van der Waals surface area contributed by atoms with Crippen molar-refractivity contribution in [2.24, 2.45) is 0 Å². The molecule has 0 radical (unpaired) electrons. The molecule has 0 bridgehead atoms. The minimum Gasteiger partial charge on any atom is -0.295 e. The van der Waals surface area contributed by atoms with E-state index in [1.165, 1.54) is 17.1 Å². The second-order valence-corrected chi connectivity index (χ2v) is 4.46. The van der Waals surface area contributed by atoms with Gasteiger partial charge in [-0.15, -0.1) is 0 Å². The van der Waals surface area contributed by atoms with Gasteiger partial charge in [0.2, 0.25) is 0 Å². The van der Waals surface area contributed by atoms with Gasteiger partial charge >= 0.3 is 0 Å². The molecule has 0 saturated heterocycles. The van der Waals surface area contributed by atoms with Gasteiger partial charge < -0.3 is 0 Å². The van der Waals surface area contributed by atoms with Crippen molar-refractivity contribution in [3.8, 4) is 0 Å². The summed E-state index contributed by atoms with van der Waals surface area (Å²) in [6.45, 7) is 2.17. The fourth-order valence-electron chi connectivity index (χ4n) is 1.41. The minimum absolute atomic E-state index is 0.331. The Kier molecular flexibility index (Phi) is 4.44. The highest BCUT2D eigenvalue weighted by Crippen LogP contribution is 2.19. The molecule has 1 aliphatic rings. The summed E-state index contributed by atoms with van der Waals surface area (Å²) in [5.41, 5.74) is 1.37. The summed E-state index contributed by atoms with van der Waals surface area (Å²) in [5.74, 6) is 2.69. The van der Waals surface area contributed by atoms with Crippen molar-refractivity contribution in [3.63, 3.8) is 0 Å². The van der Waals surface area contributed by atoms with Crippen LogP contribution in [0, 0.1) is 0 Å². The maximum atomic E-state index is 11.0. The third-order valence-corrected chi connectivity index (χ3v) is 2.96. The first-order valence-electron chi connectivity index (χ1n) is 4.63. The lowest BCUT2D eigenvalue weighted by Gasteiger charge is -2.10. The van der Waals surface area contributed by atoms with E-state index in [0.29, 0.717) is 5.78 Å². The first-order chi connectivity index (χ1) is 5.83. The van der Waals surface area contributed by atoms with Crippen molar-refractivity contribution < 1.29 is 4.79 Å². The van der Waals surface area contributed by atoms with E-state index in [2.05, 4.69) is 6.92 Å². The molecule has 0 atom stereocenters. The highest BCUT2D eigenvalue weighted by Gasteiger charge is 2.08. The molecule has 2 heteroatoms. The Bertz CT molecular complexity index is 184. The lowest BCUT2D eigenvalue weighted by atomic mass is 9.97. The van der Waals surface area contributed by atoms with Crippen molar-refractivity contribution >= 4 is 17.5 Å². The van der Waals surface area contributed by atoms with Gasteiger partial charge in [0.05, 0.1) is 0 Å². The van der Waals surface area contributed by atoms with E-state index in [4.69, 9.17) is 0 Å². The van der Waals surface area contributed by atoms with Crippen LogP contribution in [0.4, 0.5) is 0 Å². The molecule has 0 aromatic rings. The average Bonchev–Trinajstić information content (AvgIpc) is 2.05. The predicted octanol–water partition coefficient (Wildman–Crippen LogP) is 2.81. The third kappa shape index (κ3) is 3.44. The third-order valence-electron chi connectivity index (χ3n) is 2.06. The second kappa shape index (κ2) is 5.41. The van der Waals surface area contributed by atoms with Crippen LogP contribution in [0.1, 0.15) is 32.6 Å². The van der Waals surface area contributed by atoms with E-state index in [0.717, 1.165) is 25.7 Å². The van der Waals surface area contributed by atoms with Crippen molar-refractivity contribution in [1.29, 1.82) is 0 Å². The molecule has 0 aliphatic heterocycles. The first kappa shape index (κ1) is 9.85. The molecule has 12 heavy (non-hydrogen) atoms. The van der Waals surface area contributed by atoms with Crippen LogP contribution in [0.15, 0.2) is 11.6 Å². The minimum atomic E-state index is 0.331. The zero-order chi connectivity index (χ0) is 8.81. The molecule has 68 valence electrons. The second-order valence-electron chi connectivity index (χ2n) is 3.07. The summed E-state index contributed by atoms with van der Waals surface area (Å²) in [7, 11) is 0. The van der Waals surface area contributed by atoms with Gasteiger partial charge in [0.15, 0.2) is 5.78 Å². The highest BCUT2D eigenvalue weighted by atomic mass is 32.2. The molecule has 0 N–H and O–H groups in total. The van der Waals surface area contributed by atoms with Crippen LogP contribution < -0.4 is 0 Å². The predicted molar refractivity (Wildman–Crippen MR) is 54.6 cm³/mol. The Labute approximate surface area is 78.6 Å². The summed E-state index contributed by atoms with van der Waals surface area (Å²) >= 11 is 1.95. The van der Waals surface area contributed by atoms with Gasteiger partial charge in [-0.2, -0.15) is 11.8 Å². The number of carbonyl (C=O) groups is 1. The van der Waals surface area contributed by atoms with E-state index in [1.54, 1.807) is 0 Å². The van der Waals surface area contributed by atoms with Crippen LogP contribution in [0.3, 0.4) is 0 Å². The number of carbonyl (C=O) groups excluding carboxylic acids is 1. The molecule has 0 aromatic heterocycles. The van der Waals surface area contributed by atoms with Crippen LogP contribution in [0.5, 0.6) is 0 Å². The summed E-state index contributed by atoms with van der Waals surface area (Å²) in [6, 6.07) is 0. The number of ketones is 1. The molecule has 1 rings (SSSR count). The van der Waals surface area contributed by atoms with Gasteiger partial charge in [-0.05, 0) is 36.8 Å². The lowest BCUT2D eigenvalue weighted by Crippen LogP contribution is -2.03. The molecule has 0 heterocycles. The van der Waals surface area contributed by atoms with Gasteiger partial charge in [0, 0.05) is 6.42 Å². The molecule has 0 aromatic carbocycles. The van der Waals surface area contributed by atoms with Gasteiger partial charge in [-0.1, -0.05) is 12.5 Å². The number of rotatable bonds is 4. The maximum Gasteiger partial charge on any atom is 0.155 e. The molecular weight excluding hydrogens is 168 g/mol. The number of hydrogen-bond acceptors (Lipinski definition) is 2. The monoisotopic (exact) mass is 184 g/mol. The zero-order valence-corrected chi connectivity index (χ0v) is 8.45. The number of thioether (sulfide) groups is 1. The Morgan fingerprint density at radius 2 is 2.33 bits per heavy atom. The van der Waals surface area contributed by atoms with Crippen LogP contribution in [0.2, 0.25) is 0 Å². The van der Waals surface area contributed by atoms with Crippen molar-refractivity contribution in [2.45, 2.75) is 32.6 Å². The number of hydrogen-bond donors (Lipinski definition) is 0. The maximum absolute atomic E-state index is 11.0. The van der Waals surface area contributed by atoms with Crippen LogP contribution in [-0.2, 0) is 4.79 Å². The fourth-order valence-corrected chi connectivity index (χ4v) is 2.10. The Balaban J connectivity index is 2.26. The standard InChI is InChI=1S/C10H16OS/c1-2-12-7-6-9-4-3-5-10(11)8-9/h8H,2-7H2,1H3. The van der Waals surface area contributed by atoms with Gasteiger partial charge in [0.25, 0.3) is 0 Å². The largest absolute Gasteiger partial charge is 0.295 e. The van der Waals surface area contributed by atoms with Gasteiger partial charge in [0.1, 0.15) is 0 Å². The zero-order valence-electron chi connectivity index (χ0n) is 7.64. The van der Waals surface area contributed by atoms with Crippen LogP contribution in [0.25, 0.3) is 0 Å². The fraction of sp³-hybridized carbons (Fsp3) is 0.700. The van der Waals surface area contributed by atoms with Crippen LogP contribution >= 0.6 is 11.8 Å². The summed E-state index contributed by atoms with van der Waals surface area (Å²) in [5, 5.41) is 0. The summed E-state index contributed by atoms with van der Waals surface area (Å²) in [4.78, 5) is 11.0. The van der Waals surface area contributed by atoms with Gasteiger partial charge in [-0.25, -0.2) is 0 Å². The van der Waals surface area contributed by atoms with E-state index < -0.39 is 0 Å². The smallest absolute Gasteiger partial charge is 0.155 e. The van der Waals surface area contributed by atoms with E-state index >= 15 is 0 Å². The number of allylic oxidation sites excluding steroid dienone is 2. The Morgan fingerprint density at radius 3 is 3.00 bits per heavy atom. The topological polar surface area (TPSA) is 17.1 Å². The Morgan fingerprint density at radius 1 is 1.50 bits per heavy atom. The normalized spacial score (nSPS) is 17.8. The van der Waals surface area contributed by atoms with Crippen molar-refractivity contribution in [3.05, 3.63) is 11.6 Å². The summed E-state index contributed by atoms with van der Waals surface area (Å²) < 4.78 is 0. The molecule has 0 fully saturated rings. The van der Waals surface area contributed by atoms with E-state index in [9.17, 15) is 4.79 Å². The molecule has 0 spiro atoms. The molecule has 1 nitrogen and oxygen atoms in total. The SMILES string of the molecule is CCSCCC1=CC(=O)CCC1. The molecule has 0 unspecified atom stereocenters. The molecular formula is C10H16OS. The molecule has 1 aliphatic carbocycles. The van der Waals surface area contributed by atoms with Crippen LogP contribution in [-0.4, -0.2) is 17.3 Å². The van der Waals surface area contributed by atoms with Crippen molar-refractivity contribution in [2.75, 3.05) is 11.5 Å². The van der Waals surface area contributed by atoms with Gasteiger partial charge in [-0.3, -0.25) is 4.79 Å². The lowest BCUT2D eigenvalue weighted by molar-refractivity contribution is -0.115. The quantitative estimate of drug-likeness (QED) is 0.625. The van der Waals surface area contributed by atoms with E-state index in [-0.39, 0.29) is 0 Å². The van der Waals surface area contributed by atoms with E-state index in [1.807, 2.05) is 17.8 Å². The van der Waals surface area contributed by atoms with Crippen molar-refractivity contribution in [1.82, 2.24) is 0 Å². The Hall–Kier alpha value is -0.240. The first-order valence-corrected chi connectivity index (χ1v) is 5.78. The molecule has 0 amide bonds. The average molecular weight is 184 g/mol. The molecule has 0 saturated carbocycles. The highest BCUT2D eigenvalue weighted by molar-refractivity contribution is 7.99. The summed E-state index contributed by atoms with van der Waals surface area (Å²) in [6.07, 6.45) is 5.96.